The van der Waals surface area contributed by atoms with E-state index in [2.05, 4.69) is 4.74 Å². The molecule has 1 aliphatic heterocycles. The normalized spacial score (nSPS) is 39.9. The van der Waals surface area contributed by atoms with Crippen LogP contribution in [0.2, 0.25) is 0 Å². The van der Waals surface area contributed by atoms with Crippen LogP contribution in [0, 0.1) is 5.92 Å². The molecule has 0 saturated carbocycles. The molecule has 4 nitrogen and oxygen atoms in total. The van der Waals surface area contributed by atoms with E-state index in [9.17, 15) is 4.79 Å². The Morgan fingerprint density at radius 1 is 1.70 bits per heavy atom. The summed E-state index contributed by atoms with van der Waals surface area (Å²) >= 11 is 0. The van der Waals surface area contributed by atoms with Crippen molar-refractivity contribution in [1.82, 2.24) is 0 Å². The van der Waals surface area contributed by atoms with Gasteiger partial charge in [0.15, 0.2) is 6.10 Å². The number of cyclic esters (lactones) is 1. The molecule has 0 aromatic carbocycles. The predicted octanol–water partition coefficient (Wildman–Crippen LogP) is -1.10. The molecule has 0 bridgehead atoms. The standard InChI is InChI=1S/C6H10O4/c1-3-5(8)4(2-7)10-6(3)9/h3-5,7-8H,2H2,1H3/t3-,4-,5-/m0/s1. The molecule has 10 heavy (non-hydrogen) atoms. The summed E-state index contributed by atoms with van der Waals surface area (Å²) in [4.78, 5) is 10.7. The maximum absolute atomic E-state index is 10.7. The van der Waals surface area contributed by atoms with Gasteiger partial charge in [-0.15, -0.1) is 0 Å². The maximum Gasteiger partial charge on any atom is 0.311 e. The molecule has 0 radical (unpaired) electrons. The highest BCUT2D eigenvalue weighted by Gasteiger charge is 2.39. The molecule has 0 unspecified atom stereocenters. The Kier molecular flexibility index (Phi) is 1.92. The van der Waals surface area contributed by atoms with E-state index in [1.165, 1.54) is 0 Å². The second-order valence-electron chi connectivity index (χ2n) is 2.44. The van der Waals surface area contributed by atoms with Gasteiger partial charge in [0.2, 0.25) is 0 Å². The van der Waals surface area contributed by atoms with Gasteiger partial charge in [-0.25, -0.2) is 0 Å². The Labute approximate surface area is 58.4 Å². The highest BCUT2D eigenvalue weighted by atomic mass is 16.6. The number of aliphatic hydroxyl groups excluding tert-OH is 2. The lowest BCUT2D eigenvalue weighted by Gasteiger charge is -2.09. The lowest BCUT2D eigenvalue weighted by molar-refractivity contribution is -0.145. The molecule has 0 amide bonds. The van der Waals surface area contributed by atoms with Gasteiger partial charge in [0.25, 0.3) is 0 Å². The largest absolute Gasteiger partial charge is 0.457 e. The molecule has 0 aliphatic carbocycles. The van der Waals surface area contributed by atoms with E-state index < -0.39 is 24.1 Å². The van der Waals surface area contributed by atoms with Crippen LogP contribution in [-0.4, -0.2) is 35.0 Å². The quantitative estimate of drug-likeness (QED) is 0.461. The fourth-order valence-corrected chi connectivity index (χ4v) is 0.933. The lowest BCUT2D eigenvalue weighted by atomic mass is 10.0. The Morgan fingerprint density at radius 2 is 2.30 bits per heavy atom. The Morgan fingerprint density at radius 3 is 2.50 bits per heavy atom. The van der Waals surface area contributed by atoms with E-state index in [0.717, 1.165) is 0 Å². The topological polar surface area (TPSA) is 66.8 Å². The van der Waals surface area contributed by atoms with E-state index in [1.54, 1.807) is 6.92 Å². The molecule has 1 saturated heterocycles. The molecule has 0 aromatic heterocycles. The third-order valence-electron chi connectivity index (χ3n) is 1.71. The second-order valence-corrected chi connectivity index (χ2v) is 2.44. The van der Waals surface area contributed by atoms with Crippen molar-refractivity contribution in [3.63, 3.8) is 0 Å². The van der Waals surface area contributed by atoms with E-state index in [4.69, 9.17) is 10.2 Å². The van der Waals surface area contributed by atoms with E-state index >= 15 is 0 Å². The summed E-state index contributed by atoms with van der Waals surface area (Å²) < 4.78 is 4.60. The van der Waals surface area contributed by atoms with E-state index in [-0.39, 0.29) is 6.61 Å². The number of carbonyl (C=O) groups is 1. The van der Waals surface area contributed by atoms with Crippen LogP contribution in [0.15, 0.2) is 0 Å². The Bertz CT molecular complexity index is 145. The van der Waals surface area contributed by atoms with Crippen molar-refractivity contribution in [3.8, 4) is 0 Å². The van der Waals surface area contributed by atoms with Crippen molar-refractivity contribution in [2.75, 3.05) is 6.61 Å². The fourth-order valence-electron chi connectivity index (χ4n) is 0.933. The van der Waals surface area contributed by atoms with Crippen LogP contribution in [0.4, 0.5) is 0 Å². The van der Waals surface area contributed by atoms with Gasteiger partial charge in [0, 0.05) is 0 Å². The first-order valence-electron chi connectivity index (χ1n) is 3.16. The third kappa shape index (κ3) is 0.998. The Hall–Kier alpha value is -0.610. The smallest absolute Gasteiger partial charge is 0.311 e. The number of carbonyl (C=O) groups excluding carboxylic acids is 1. The first-order chi connectivity index (χ1) is 4.66. The molecule has 1 fully saturated rings. The number of rotatable bonds is 1. The first kappa shape index (κ1) is 7.50. The number of esters is 1. The minimum Gasteiger partial charge on any atom is -0.457 e. The van der Waals surface area contributed by atoms with Crippen LogP contribution in [0.3, 0.4) is 0 Å². The van der Waals surface area contributed by atoms with Gasteiger partial charge in [0.1, 0.15) is 6.10 Å². The molecular weight excluding hydrogens is 136 g/mol. The van der Waals surface area contributed by atoms with Gasteiger partial charge in [-0.3, -0.25) is 4.79 Å². The second kappa shape index (κ2) is 2.56. The van der Waals surface area contributed by atoms with Crippen molar-refractivity contribution in [2.45, 2.75) is 19.1 Å². The maximum atomic E-state index is 10.7. The van der Waals surface area contributed by atoms with Gasteiger partial charge >= 0.3 is 5.97 Å². The van der Waals surface area contributed by atoms with Crippen LogP contribution in [0.1, 0.15) is 6.92 Å². The fraction of sp³-hybridized carbons (Fsp3) is 0.833. The van der Waals surface area contributed by atoms with E-state index in [0.29, 0.717) is 0 Å². The van der Waals surface area contributed by atoms with Crippen molar-refractivity contribution in [3.05, 3.63) is 0 Å². The van der Waals surface area contributed by atoms with E-state index in [1.807, 2.05) is 0 Å². The first-order valence-corrected chi connectivity index (χ1v) is 3.16. The molecule has 1 heterocycles. The molecular formula is C6H10O4. The van der Waals surface area contributed by atoms with Crippen LogP contribution in [-0.2, 0) is 9.53 Å². The highest BCUT2D eigenvalue weighted by molar-refractivity contribution is 5.75. The molecule has 2 N–H and O–H groups in total. The summed E-state index contributed by atoms with van der Waals surface area (Å²) in [7, 11) is 0. The molecule has 1 aliphatic rings. The summed E-state index contributed by atoms with van der Waals surface area (Å²) in [5.41, 5.74) is 0. The summed E-state index contributed by atoms with van der Waals surface area (Å²) in [6.07, 6.45) is -1.57. The van der Waals surface area contributed by atoms with Crippen LogP contribution < -0.4 is 0 Å². The van der Waals surface area contributed by atoms with Crippen molar-refractivity contribution in [2.24, 2.45) is 5.92 Å². The molecule has 58 valence electrons. The van der Waals surface area contributed by atoms with Crippen molar-refractivity contribution >= 4 is 5.97 Å². The van der Waals surface area contributed by atoms with Gasteiger partial charge in [0.05, 0.1) is 12.5 Å². The number of hydrogen-bond donors (Lipinski definition) is 2. The van der Waals surface area contributed by atoms with Crippen LogP contribution >= 0.6 is 0 Å². The van der Waals surface area contributed by atoms with Crippen LogP contribution in [0.25, 0.3) is 0 Å². The van der Waals surface area contributed by atoms with Crippen molar-refractivity contribution < 1.29 is 19.7 Å². The van der Waals surface area contributed by atoms with Gasteiger partial charge in [-0.2, -0.15) is 0 Å². The number of hydrogen-bond acceptors (Lipinski definition) is 4. The lowest BCUT2D eigenvalue weighted by Crippen LogP contribution is -2.27. The molecule has 0 aromatic rings. The zero-order chi connectivity index (χ0) is 7.72. The zero-order valence-electron chi connectivity index (χ0n) is 5.65. The zero-order valence-corrected chi connectivity index (χ0v) is 5.65. The summed E-state index contributed by atoms with van der Waals surface area (Å²) in [5, 5.41) is 17.7. The summed E-state index contributed by atoms with van der Waals surface area (Å²) in [6.45, 7) is 1.26. The van der Waals surface area contributed by atoms with Gasteiger partial charge in [-0.1, -0.05) is 0 Å². The SMILES string of the molecule is C[C@@H]1C(=O)O[C@@H](CO)[C@H]1O. The Balaban J connectivity index is 2.61. The van der Waals surface area contributed by atoms with Crippen LogP contribution in [0.5, 0.6) is 0 Å². The molecule has 0 spiro atoms. The predicted molar refractivity (Wildman–Crippen MR) is 32.1 cm³/mol. The molecule has 1 rings (SSSR count). The highest BCUT2D eigenvalue weighted by Crippen LogP contribution is 2.20. The van der Waals surface area contributed by atoms with Gasteiger partial charge < -0.3 is 14.9 Å². The minimum absolute atomic E-state index is 0.308. The van der Waals surface area contributed by atoms with Crippen molar-refractivity contribution in [1.29, 1.82) is 0 Å². The third-order valence-corrected chi connectivity index (χ3v) is 1.71. The summed E-state index contributed by atoms with van der Waals surface area (Å²) in [6, 6.07) is 0. The average molecular weight is 146 g/mol. The average Bonchev–Trinajstić information content (AvgIpc) is 2.17. The number of aliphatic hydroxyl groups is 2. The molecule has 3 atom stereocenters. The van der Waals surface area contributed by atoms with Gasteiger partial charge in [-0.05, 0) is 6.92 Å². The minimum atomic E-state index is -0.850. The monoisotopic (exact) mass is 146 g/mol. The molecule has 4 heteroatoms. The summed E-state index contributed by atoms with van der Waals surface area (Å²) in [5.74, 6) is -0.941. The number of ether oxygens (including phenoxy) is 1.